The molecule has 0 aliphatic heterocycles. The van der Waals surface area contributed by atoms with Gasteiger partial charge in [-0.25, -0.2) is 0 Å². The number of hydrogen-bond acceptors (Lipinski definition) is 4. The maximum Gasteiger partial charge on any atom is 0.149 e. The second-order valence-electron chi connectivity index (χ2n) is 3.87. The third kappa shape index (κ3) is 3.28. The Morgan fingerprint density at radius 2 is 1.89 bits per heavy atom. The van der Waals surface area contributed by atoms with Crippen molar-refractivity contribution >= 4 is 23.2 Å². The fourth-order valence-electron chi connectivity index (χ4n) is 1.42. The second-order valence-corrected chi connectivity index (χ2v) is 4.30. The van der Waals surface area contributed by atoms with Crippen molar-refractivity contribution in [3.63, 3.8) is 0 Å². The molecule has 0 bridgehead atoms. The molecule has 4 nitrogen and oxygen atoms in total. The standard InChI is InChI=1S/C13H12ClN3O/c1-9(18)8-15-13-7-6-12(16-17-13)10-2-4-11(14)5-3-10/h2-7H,8H2,1H3,(H,15,17). The van der Waals surface area contributed by atoms with Gasteiger partial charge in [-0.1, -0.05) is 23.7 Å². The molecule has 1 N–H and O–H groups in total. The summed E-state index contributed by atoms with van der Waals surface area (Å²) in [5.41, 5.74) is 1.71. The lowest BCUT2D eigenvalue weighted by molar-refractivity contribution is -0.115. The van der Waals surface area contributed by atoms with Gasteiger partial charge in [-0.3, -0.25) is 4.79 Å². The number of hydrogen-bond donors (Lipinski definition) is 1. The van der Waals surface area contributed by atoms with Crippen LogP contribution in [-0.2, 0) is 4.79 Å². The lowest BCUT2D eigenvalue weighted by atomic mass is 10.1. The largest absolute Gasteiger partial charge is 0.362 e. The number of rotatable bonds is 4. The molecule has 18 heavy (non-hydrogen) atoms. The summed E-state index contributed by atoms with van der Waals surface area (Å²) >= 11 is 5.82. The normalized spacial score (nSPS) is 10.1. The maximum atomic E-state index is 10.8. The molecule has 0 saturated carbocycles. The van der Waals surface area contributed by atoms with E-state index >= 15 is 0 Å². The molecular formula is C13H12ClN3O. The van der Waals surface area contributed by atoms with Crippen LogP contribution in [0.15, 0.2) is 36.4 Å². The molecule has 1 aromatic heterocycles. The molecule has 0 aliphatic rings. The summed E-state index contributed by atoms with van der Waals surface area (Å²) in [6.45, 7) is 1.78. The van der Waals surface area contributed by atoms with Crippen LogP contribution in [0.3, 0.4) is 0 Å². The summed E-state index contributed by atoms with van der Waals surface area (Å²) in [5.74, 6) is 0.640. The molecule has 0 saturated heterocycles. The van der Waals surface area contributed by atoms with Crippen molar-refractivity contribution in [1.29, 1.82) is 0 Å². The van der Waals surface area contributed by atoms with E-state index < -0.39 is 0 Å². The van der Waals surface area contributed by atoms with Gasteiger partial charge in [-0.2, -0.15) is 0 Å². The van der Waals surface area contributed by atoms with Crippen LogP contribution in [0.2, 0.25) is 5.02 Å². The van der Waals surface area contributed by atoms with Crippen LogP contribution in [-0.4, -0.2) is 22.5 Å². The molecule has 0 unspecified atom stereocenters. The topological polar surface area (TPSA) is 54.9 Å². The number of nitrogens with zero attached hydrogens (tertiary/aromatic N) is 2. The smallest absolute Gasteiger partial charge is 0.149 e. The zero-order valence-corrected chi connectivity index (χ0v) is 10.6. The summed E-state index contributed by atoms with van der Waals surface area (Å²) in [6.07, 6.45) is 0. The molecule has 2 rings (SSSR count). The molecule has 1 heterocycles. The maximum absolute atomic E-state index is 10.8. The fourth-order valence-corrected chi connectivity index (χ4v) is 1.54. The number of carbonyl (C=O) groups is 1. The van der Waals surface area contributed by atoms with Crippen LogP contribution < -0.4 is 5.32 Å². The fraction of sp³-hybridized carbons (Fsp3) is 0.154. The van der Waals surface area contributed by atoms with Crippen molar-refractivity contribution in [2.24, 2.45) is 0 Å². The molecule has 0 amide bonds. The Kier molecular flexibility index (Phi) is 3.89. The van der Waals surface area contributed by atoms with Crippen molar-refractivity contribution in [1.82, 2.24) is 10.2 Å². The molecule has 0 radical (unpaired) electrons. The van der Waals surface area contributed by atoms with E-state index in [0.29, 0.717) is 10.8 Å². The van der Waals surface area contributed by atoms with Crippen molar-refractivity contribution < 1.29 is 4.79 Å². The van der Waals surface area contributed by atoms with Gasteiger partial charge in [0.2, 0.25) is 0 Å². The van der Waals surface area contributed by atoms with Gasteiger partial charge in [0.15, 0.2) is 0 Å². The molecule has 0 fully saturated rings. The van der Waals surface area contributed by atoms with Gasteiger partial charge in [0.05, 0.1) is 12.2 Å². The summed E-state index contributed by atoms with van der Waals surface area (Å²) in [6, 6.07) is 11.0. The Morgan fingerprint density at radius 1 is 1.17 bits per heavy atom. The van der Waals surface area contributed by atoms with Gasteiger partial charge in [-0.15, -0.1) is 10.2 Å². The van der Waals surface area contributed by atoms with E-state index in [1.54, 1.807) is 18.2 Å². The Labute approximate surface area is 110 Å². The van der Waals surface area contributed by atoms with E-state index in [9.17, 15) is 4.79 Å². The Balaban J connectivity index is 2.12. The van der Waals surface area contributed by atoms with E-state index in [2.05, 4.69) is 15.5 Å². The Hall–Kier alpha value is -1.94. The predicted octanol–water partition coefficient (Wildman–Crippen LogP) is 2.80. The Bertz CT molecular complexity index is 537. The van der Waals surface area contributed by atoms with Crippen molar-refractivity contribution in [2.75, 3.05) is 11.9 Å². The highest BCUT2D eigenvalue weighted by Crippen LogP contribution is 2.19. The van der Waals surface area contributed by atoms with E-state index in [4.69, 9.17) is 11.6 Å². The zero-order chi connectivity index (χ0) is 13.0. The average Bonchev–Trinajstić information content (AvgIpc) is 2.38. The van der Waals surface area contributed by atoms with Crippen molar-refractivity contribution in [2.45, 2.75) is 6.92 Å². The third-order valence-corrected chi connectivity index (χ3v) is 2.57. The minimum absolute atomic E-state index is 0.0542. The minimum atomic E-state index is 0.0542. The Morgan fingerprint density at radius 3 is 2.44 bits per heavy atom. The van der Waals surface area contributed by atoms with Gasteiger partial charge in [0.1, 0.15) is 11.6 Å². The number of aromatic nitrogens is 2. The first-order valence-corrected chi connectivity index (χ1v) is 5.86. The molecule has 2 aromatic rings. The van der Waals surface area contributed by atoms with Gasteiger partial charge in [-0.05, 0) is 31.2 Å². The first-order valence-electron chi connectivity index (χ1n) is 5.48. The van der Waals surface area contributed by atoms with Crippen LogP contribution in [0, 0.1) is 0 Å². The first kappa shape index (κ1) is 12.5. The third-order valence-electron chi connectivity index (χ3n) is 2.32. The first-order chi connectivity index (χ1) is 8.65. The molecule has 0 spiro atoms. The number of benzene rings is 1. The van der Waals surface area contributed by atoms with Crippen LogP contribution in [0.25, 0.3) is 11.3 Å². The van der Waals surface area contributed by atoms with E-state index in [1.165, 1.54) is 6.92 Å². The van der Waals surface area contributed by atoms with E-state index in [0.717, 1.165) is 11.3 Å². The quantitative estimate of drug-likeness (QED) is 0.920. The van der Waals surface area contributed by atoms with Crippen LogP contribution in [0.1, 0.15) is 6.92 Å². The van der Waals surface area contributed by atoms with Gasteiger partial charge >= 0.3 is 0 Å². The summed E-state index contributed by atoms with van der Waals surface area (Å²) in [4.78, 5) is 10.8. The molecular weight excluding hydrogens is 250 g/mol. The van der Waals surface area contributed by atoms with Crippen LogP contribution in [0.4, 0.5) is 5.82 Å². The van der Waals surface area contributed by atoms with Crippen LogP contribution in [0.5, 0.6) is 0 Å². The minimum Gasteiger partial charge on any atom is -0.362 e. The summed E-state index contributed by atoms with van der Waals surface area (Å²) < 4.78 is 0. The van der Waals surface area contributed by atoms with Crippen LogP contribution >= 0.6 is 11.6 Å². The zero-order valence-electron chi connectivity index (χ0n) is 9.85. The van der Waals surface area contributed by atoms with E-state index in [-0.39, 0.29) is 12.3 Å². The molecule has 1 aromatic carbocycles. The second kappa shape index (κ2) is 5.60. The predicted molar refractivity (Wildman–Crippen MR) is 71.6 cm³/mol. The number of Topliss-reactive ketones (excluding diaryl/α,β-unsaturated/α-hetero) is 1. The average molecular weight is 262 g/mol. The molecule has 0 aliphatic carbocycles. The van der Waals surface area contributed by atoms with Gasteiger partial charge < -0.3 is 5.32 Å². The number of ketones is 1. The number of nitrogens with one attached hydrogen (secondary N) is 1. The SMILES string of the molecule is CC(=O)CNc1ccc(-c2ccc(Cl)cc2)nn1. The monoisotopic (exact) mass is 261 g/mol. The highest BCUT2D eigenvalue weighted by atomic mass is 35.5. The number of anilines is 1. The van der Waals surface area contributed by atoms with Gasteiger partial charge in [0.25, 0.3) is 0 Å². The lowest BCUT2D eigenvalue weighted by Crippen LogP contribution is -2.11. The lowest BCUT2D eigenvalue weighted by Gasteiger charge is -2.03. The van der Waals surface area contributed by atoms with Crippen molar-refractivity contribution in [3.05, 3.63) is 41.4 Å². The molecule has 5 heteroatoms. The molecule has 92 valence electrons. The number of halogens is 1. The number of carbonyl (C=O) groups excluding carboxylic acids is 1. The van der Waals surface area contributed by atoms with Gasteiger partial charge in [0, 0.05) is 10.6 Å². The molecule has 0 atom stereocenters. The van der Waals surface area contributed by atoms with E-state index in [1.807, 2.05) is 18.2 Å². The highest BCUT2D eigenvalue weighted by molar-refractivity contribution is 6.30. The summed E-state index contributed by atoms with van der Waals surface area (Å²) in [7, 11) is 0. The highest BCUT2D eigenvalue weighted by Gasteiger charge is 2.01. The summed E-state index contributed by atoms with van der Waals surface area (Å²) in [5, 5.41) is 11.7. The van der Waals surface area contributed by atoms with Crippen molar-refractivity contribution in [3.8, 4) is 11.3 Å².